The number of aryl methyl sites for hydroxylation is 1. The number of rotatable bonds is 5. The number of carbonyl (C=O) groups is 1. The predicted octanol–water partition coefficient (Wildman–Crippen LogP) is 0.391. The monoisotopic (exact) mass is 225 g/mol. The summed E-state index contributed by atoms with van der Waals surface area (Å²) < 4.78 is 0. The van der Waals surface area contributed by atoms with Gasteiger partial charge < -0.3 is 10.4 Å². The summed E-state index contributed by atoms with van der Waals surface area (Å²) in [7, 11) is 1.66. The molecule has 0 aliphatic rings. The molecule has 1 aromatic rings. The van der Waals surface area contributed by atoms with Crippen LogP contribution in [-0.4, -0.2) is 28.1 Å². The highest BCUT2D eigenvalue weighted by atomic mass is 16.4. The van der Waals surface area contributed by atoms with Crippen LogP contribution < -0.4 is 10.9 Å². The summed E-state index contributed by atoms with van der Waals surface area (Å²) in [5.74, 6) is -0.514. The summed E-state index contributed by atoms with van der Waals surface area (Å²) in [6.07, 6.45) is 0.759. The zero-order chi connectivity index (χ0) is 12.1. The number of aliphatic carboxylic acids is 1. The first-order chi connectivity index (χ1) is 7.58. The maximum absolute atomic E-state index is 11.7. The number of carboxylic acid groups (broad SMARTS) is 1. The average molecular weight is 225 g/mol. The van der Waals surface area contributed by atoms with Crippen molar-refractivity contribution in [1.82, 2.24) is 9.97 Å². The SMILES string of the molecule is CCc1nc(NC)[nH]c(=O)c1CCC(=O)O. The Morgan fingerprint density at radius 2 is 2.25 bits per heavy atom. The van der Waals surface area contributed by atoms with Gasteiger partial charge in [-0.05, 0) is 12.8 Å². The van der Waals surface area contributed by atoms with E-state index >= 15 is 0 Å². The van der Waals surface area contributed by atoms with Crippen LogP contribution in [0.1, 0.15) is 24.6 Å². The quantitative estimate of drug-likeness (QED) is 0.673. The smallest absolute Gasteiger partial charge is 0.303 e. The van der Waals surface area contributed by atoms with Crippen molar-refractivity contribution in [3.63, 3.8) is 0 Å². The van der Waals surface area contributed by atoms with Crippen molar-refractivity contribution < 1.29 is 9.90 Å². The molecule has 0 bridgehead atoms. The molecule has 1 rings (SSSR count). The van der Waals surface area contributed by atoms with Gasteiger partial charge in [0, 0.05) is 19.0 Å². The number of aromatic amines is 1. The van der Waals surface area contributed by atoms with Crippen LogP contribution in [0.25, 0.3) is 0 Å². The lowest BCUT2D eigenvalue weighted by molar-refractivity contribution is -0.136. The van der Waals surface area contributed by atoms with Gasteiger partial charge in [-0.3, -0.25) is 14.6 Å². The number of nitrogens with zero attached hydrogens (tertiary/aromatic N) is 1. The molecule has 0 saturated heterocycles. The second-order valence-corrected chi connectivity index (χ2v) is 3.34. The summed E-state index contributed by atoms with van der Waals surface area (Å²) in [5, 5.41) is 11.3. The Balaban J connectivity index is 3.06. The minimum absolute atomic E-state index is 0.0589. The van der Waals surface area contributed by atoms with Gasteiger partial charge in [-0.15, -0.1) is 0 Å². The number of hydrogen-bond acceptors (Lipinski definition) is 4. The van der Waals surface area contributed by atoms with Gasteiger partial charge in [0.1, 0.15) is 0 Å². The molecule has 0 atom stereocenters. The van der Waals surface area contributed by atoms with E-state index in [1.165, 1.54) is 0 Å². The fraction of sp³-hybridized carbons (Fsp3) is 0.500. The highest BCUT2D eigenvalue weighted by molar-refractivity contribution is 5.67. The molecule has 0 unspecified atom stereocenters. The first kappa shape index (κ1) is 12.2. The van der Waals surface area contributed by atoms with E-state index in [1.807, 2.05) is 6.92 Å². The van der Waals surface area contributed by atoms with Crippen LogP contribution in [0.4, 0.5) is 5.95 Å². The number of H-pyrrole nitrogens is 1. The van der Waals surface area contributed by atoms with Gasteiger partial charge in [-0.25, -0.2) is 4.98 Å². The summed E-state index contributed by atoms with van der Waals surface area (Å²) in [5.41, 5.74) is 0.843. The van der Waals surface area contributed by atoms with Gasteiger partial charge in [-0.1, -0.05) is 6.92 Å². The van der Waals surface area contributed by atoms with Gasteiger partial charge >= 0.3 is 5.97 Å². The van der Waals surface area contributed by atoms with E-state index in [9.17, 15) is 9.59 Å². The number of hydrogen-bond donors (Lipinski definition) is 3. The normalized spacial score (nSPS) is 10.1. The van der Waals surface area contributed by atoms with Crippen molar-refractivity contribution in [3.8, 4) is 0 Å². The molecule has 0 aliphatic carbocycles. The Bertz CT molecular complexity index is 439. The lowest BCUT2D eigenvalue weighted by Gasteiger charge is -2.07. The van der Waals surface area contributed by atoms with E-state index in [-0.39, 0.29) is 18.4 Å². The Morgan fingerprint density at radius 3 is 2.75 bits per heavy atom. The van der Waals surface area contributed by atoms with Crippen molar-refractivity contribution in [2.24, 2.45) is 0 Å². The van der Waals surface area contributed by atoms with Crippen molar-refractivity contribution in [2.45, 2.75) is 26.2 Å². The van der Waals surface area contributed by atoms with Crippen LogP contribution in [-0.2, 0) is 17.6 Å². The first-order valence-corrected chi connectivity index (χ1v) is 5.10. The summed E-state index contributed by atoms with van der Waals surface area (Å²) >= 11 is 0. The molecule has 0 radical (unpaired) electrons. The van der Waals surface area contributed by atoms with Crippen LogP contribution in [0, 0.1) is 0 Å². The minimum Gasteiger partial charge on any atom is -0.481 e. The molecule has 16 heavy (non-hydrogen) atoms. The third-order valence-electron chi connectivity index (χ3n) is 2.26. The fourth-order valence-electron chi connectivity index (χ4n) is 1.45. The van der Waals surface area contributed by atoms with E-state index in [0.717, 1.165) is 0 Å². The average Bonchev–Trinajstić information content (AvgIpc) is 2.26. The fourth-order valence-corrected chi connectivity index (χ4v) is 1.45. The number of nitrogens with one attached hydrogen (secondary N) is 2. The van der Waals surface area contributed by atoms with Gasteiger partial charge in [0.25, 0.3) is 5.56 Å². The van der Waals surface area contributed by atoms with Crippen LogP contribution in [0.2, 0.25) is 0 Å². The molecule has 0 amide bonds. The minimum atomic E-state index is -0.917. The molecule has 3 N–H and O–H groups in total. The van der Waals surface area contributed by atoms with Gasteiger partial charge in [-0.2, -0.15) is 0 Å². The lowest BCUT2D eigenvalue weighted by atomic mass is 10.1. The van der Waals surface area contributed by atoms with E-state index in [1.54, 1.807) is 7.05 Å². The molecular formula is C10H15N3O3. The second kappa shape index (κ2) is 5.29. The topological polar surface area (TPSA) is 95.1 Å². The largest absolute Gasteiger partial charge is 0.481 e. The first-order valence-electron chi connectivity index (χ1n) is 5.10. The molecule has 0 aromatic carbocycles. The standard InChI is InChI=1S/C10H15N3O3/c1-3-7-6(4-5-8(14)15)9(16)13-10(11-2)12-7/h3-5H2,1-2H3,(H,14,15)(H2,11,12,13,16). The molecular weight excluding hydrogens is 210 g/mol. The molecule has 1 heterocycles. The number of carboxylic acids is 1. The van der Waals surface area contributed by atoms with Gasteiger partial charge in [0.15, 0.2) is 0 Å². The maximum atomic E-state index is 11.7. The van der Waals surface area contributed by atoms with Crippen molar-refractivity contribution in [1.29, 1.82) is 0 Å². The van der Waals surface area contributed by atoms with Crippen LogP contribution in [0.5, 0.6) is 0 Å². The molecule has 0 fully saturated rings. The third-order valence-corrected chi connectivity index (χ3v) is 2.26. The second-order valence-electron chi connectivity index (χ2n) is 3.34. The molecule has 0 spiro atoms. The Morgan fingerprint density at radius 1 is 1.56 bits per heavy atom. The Hall–Kier alpha value is -1.85. The van der Waals surface area contributed by atoms with E-state index in [2.05, 4.69) is 15.3 Å². The molecule has 0 aliphatic heterocycles. The van der Waals surface area contributed by atoms with Crippen LogP contribution >= 0.6 is 0 Å². The maximum Gasteiger partial charge on any atom is 0.303 e. The zero-order valence-electron chi connectivity index (χ0n) is 9.33. The molecule has 6 heteroatoms. The number of aromatic nitrogens is 2. The molecule has 88 valence electrons. The van der Waals surface area contributed by atoms with Crippen molar-refractivity contribution in [3.05, 3.63) is 21.6 Å². The lowest BCUT2D eigenvalue weighted by Crippen LogP contribution is -2.20. The van der Waals surface area contributed by atoms with E-state index < -0.39 is 5.97 Å². The Labute approximate surface area is 92.7 Å². The van der Waals surface area contributed by atoms with E-state index in [0.29, 0.717) is 23.6 Å². The molecule has 1 aromatic heterocycles. The predicted molar refractivity (Wildman–Crippen MR) is 59.7 cm³/mol. The van der Waals surface area contributed by atoms with Gasteiger partial charge in [0.2, 0.25) is 5.95 Å². The van der Waals surface area contributed by atoms with E-state index in [4.69, 9.17) is 5.11 Å². The zero-order valence-corrected chi connectivity index (χ0v) is 9.33. The summed E-state index contributed by atoms with van der Waals surface area (Å²) in [6, 6.07) is 0. The van der Waals surface area contributed by atoms with Crippen LogP contribution in [0.3, 0.4) is 0 Å². The van der Waals surface area contributed by atoms with Gasteiger partial charge in [0.05, 0.1) is 5.69 Å². The number of anilines is 1. The summed E-state index contributed by atoms with van der Waals surface area (Å²) in [4.78, 5) is 28.9. The summed E-state index contributed by atoms with van der Waals surface area (Å²) in [6.45, 7) is 1.88. The van der Waals surface area contributed by atoms with Crippen molar-refractivity contribution in [2.75, 3.05) is 12.4 Å². The highest BCUT2D eigenvalue weighted by Crippen LogP contribution is 2.07. The molecule has 0 saturated carbocycles. The third kappa shape index (κ3) is 2.82. The van der Waals surface area contributed by atoms with Crippen molar-refractivity contribution >= 4 is 11.9 Å². The Kier molecular flexibility index (Phi) is 4.04. The van der Waals surface area contributed by atoms with Crippen LogP contribution in [0.15, 0.2) is 4.79 Å². The highest BCUT2D eigenvalue weighted by Gasteiger charge is 2.11. The molecule has 6 nitrogen and oxygen atoms in total.